The standard InChI is InChI=1S/C9H18BrNO2S/c1-8(5-10)6-11(2)9-3-4-14(12,13)7-9/h8-9H,3-7H2,1-2H3. The Morgan fingerprint density at radius 3 is 2.64 bits per heavy atom. The maximum absolute atomic E-state index is 11.3. The molecule has 1 aliphatic heterocycles. The average Bonchev–Trinajstić information content (AvgIpc) is 2.46. The second kappa shape index (κ2) is 4.94. The van der Waals surface area contributed by atoms with Gasteiger partial charge in [0.05, 0.1) is 11.5 Å². The summed E-state index contributed by atoms with van der Waals surface area (Å²) in [6.07, 6.45) is 0.799. The Morgan fingerprint density at radius 1 is 1.57 bits per heavy atom. The van der Waals surface area contributed by atoms with Crippen molar-refractivity contribution in [3.8, 4) is 0 Å². The van der Waals surface area contributed by atoms with Gasteiger partial charge in [0.2, 0.25) is 0 Å². The fraction of sp³-hybridized carbons (Fsp3) is 1.00. The van der Waals surface area contributed by atoms with Crippen molar-refractivity contribution in [2.24, 2.45) is 5.92 Å². The molecule has 1 rings (SSSR count). The lowest BCUT2D eigenvalue weighted by Gasteiger charge is -2.25. The third kappa shape index (κ3) is 3.51. The lowest BCUT2D eigenvalue weighted by atomic mass is 10.1. The number of alkyl halides is 1. The first-order valence-corrected chi connectivity index (χ1v) is 7.85. The lowest BCUT2D eigenvalue weighted by Crippen LogP contribution is -2.36. The molecule has 14 heavy (non-hydrogen) atoms. The Kier molecular flexibility index (Phi) is 4.40. The summed E-state index contributed by atoms with van der Waals surface area (Å²) < 4.78 is 22.5. The minimum absolute atomic E-state index is 0.237. The zero-order valence-electron chi connectivity index (χ0n) is 8.74. The highest BCUT2D eigenvalue weighted by molar-refractivity contribution is 9.09. The first kappa shape index (κ1) is 12.5. The second-order valence-corrected chi connectivity index (χ2v) is 7.13. The van der Waals surface area contributed by atoms with Crippen molar-refractivity contribution in [2.75, 3.05) is 30.4 Å². The first-order valence-electron chi connectivity index (χ1n) is 4.91. The van der Waals surface area contributed by atoms with Gasteiger partial charge in [-0.2, -0.15) is 0 Å². The van der Waals surface area contributed by atoms with E-state index in [1.807, 2.05) is 7.05 Å². The highest BCUT2D eigenvalue weighted by atomic mass is 79.9. The van der Waals surface area contributed by atoms with E-state index < -0.39 is 9.84 Å². The number of sulfone groups is 1. The Bertz CT molecular complexity index is 279. The SMILES string of the molecule is CC(CBr)CN(C)C1CCS(=O)(=O)C1. The van der Waals surface area contributed by atoms with Crippen LogP contribution in [0, 0.1) is 5.92 Å². The molecule has 0 saturated carbocycles. The van der Waals surface area contributed by atoms with E-state index in [9.17, 15) is 8.42 Å². The van der Waals surface area contributed by atoms with E-state index in [-0.39, 0.29) is 6.04 Å². The Morgan fingerprint density at radius 2 is 2.21 bits per heavy atom. The van der Waals surface area contributed by atoms with Gasteiger partial charge in [-0.15, -0.1) is 0 Å². The minimum Gasteiger partial charge on any atom is -0.302 e. The van der Waals surface area contributed by atoms with Gasteiger partial charge in [-0.25, -0.2) is 8.42 Å². The first-order chi connectivity index (χ1) is 6.44. The maximum atomic E-state index is 11.3. The largest absolute Gasteiger partial charge is 0.302 e. The summed E-state index contributed by atoms with van der Waals surface area (Å²) in [5, 5.41) is 0.969. The van der Waals surface area contributed by atoms with E-state index in [4.69, 9.17) is 0 Å². The van der Waals surface area contributed by atoms with Gasteiger partial charge in [0, 0.05) is 17.9 Å². The van der Waals surface area contributed by atoms with E-state index in [2.05, 4.69) is 27.8 Å². The van der Waals surface area contributed by atoms with Crippen LogP contribution >= 0.6 is 15.9 Å². The molecule has 0 bridgehead atoms. The lowest BCUT2D eigenvalue weighted by molar-refractivity contribution is 0.236. The van der Waals surface area contributed by atoms with Crippen molar-refractivity contribution >= 4 is 25.8 Å². The van der Waals surface area contributed by atoms with Gasteiger partial charge in [-0.1, -0.05) is 22.9 Å². The van der Waals surface area contributed by atoms with Crippen LogP contribution in [0.1, 0.15) is 13.3 Å². The molecule has 84 valence electrons. The van der Waals surface area contributed by atoms with Crippen molar-refractivity contribution < 1.29 is 8.42 Å². The molecule has 1 heterocycles. The predicted molar refractivity (Wildman–Crippen MR) is 62.6 cm³/mol. The van der Waals surface area contributed by atoms with Crippen molar-refractivity contribution in [3.63, 3.8) is 0 Å². The van der Waals surface area contributed by atoms with Crippen LogP contribution in [0.15, 0.2) is 0 Å². The Labute approximate surface area is 94.9 Å². The number of rotatable bonds is 4. The Hall–Kier alpha value is 0.390. The number of halogens is 1. The van der Waals surface area contributed by atoms with Crippen molar-refractivity contribution in [1.29, 1.82) is 0 Å². The molecule has 2 unspecified atom stereocenters. The maximum Gasteiger partial charge on any atom is 0.151 e. The molecule has 5 heteroatoms. The van der Waals surface area contributed by atoms with Crippen LogP contribution in [-0.4, -0.2) is 49.8 Å². The molecule has 0 amide bonds. The van der Waals surface area contributed by atoms with Crippen LogP contribution in [0.2, 0.25) is 0 Å². The number of nitrogens with zero attached hydrogens (tertiary/aromatic N) is 1. The molecule has 1 saturated heterocycles. The smallest absolute Gasteiger partial charge is 0.151 e. The van der Waals surface area contributed by atoms with Gasteiger partial charge >= 0.3 is 0 Å². The normalized spacial score (nSPS) is 28.1. The van der Waals surface area contributed by atoms with Crippen LogP contribution in [0.4, 0.5) is 0 Å². The zero-order valence-corrected chi connectivity index (χ0v) is 11.1. The average molecular weight is 284 g/mol. The van der Waals surface area contributed by atoms with Crippen LogP contribution in [0.25, 0.3) is 0 Å². The predicted octanol–water partition coefficient (Wildman–Crippen LogP) is 1.14. The summed E-state index contributed by atoms with van der Waals surface area (Å²) in [6, 6.07) is 0.237. The minimum atomic E-state index is -2.74. The topological polar surface area (TPSA) is 37.4 Å². The van der Waals surface area contributed by atoms with Gasteiger partial charge < -0.3 is 4.90 Å². The molecule has 0 N–H and O–H groups in total. The van der Waals surface area contributed by atoms with E-state index in [0.717, 1.165) is 18.3 Å². The summed E-state index contributed by atoms with van der Waals surface area (Å²) in [5.74, 6) is 1.28. The fourth-order valence-electron chi connectivity index (χ4n) is 1.81. The molecule has 0 aliphatic carbocycles. The van der Waals surface area contributed by atoms with E-state index >= 15 is 0 Å². The molecule has 0 radical (unpaired) electrons. The van der Waals surface area contributed by atoms with Gasteiger partial charge in [0.15, 0.2) is 9.84 Å². The summed E-state index contributed by atoms with van der Waals surface area (Å²) in [6.45, 7) is 3.13. The molecular formula is C9H18BrNO2S. The van der Waals surface area contributed by atoms with Crippen molar-refractivity contribution in [3.05, 3.63) is 0 Å². The number of hydrogen-bond acceptors (Lipinski definition) is 3. The quantitative estimate of drug-likeness (QED) is 0.726. The summed E-state index contributed by atoms with van der Waals surface area (Å²) >= 11 is 3.43. The third-order valence-electron chi connectivity index (χ3n) is 2.69. The molecule has 0 aromatic rings. The molecule has 0 aromatic heterocycles. The van der Waals surface area contributed by atoms with Gasteiger partial charge in [-0.05, 0) is 19.4 Å². The fourth-order valence-corrected chi connectivity index (χ4v) is 3.82. The van der Waals surface area contributed by atoms with Crippen molar-refractivity contribution in [2.45, 2.75) is 19.4 Å². The van der Waals surface area contributed by atoms with Gasteiger partial charge in [0.1, 0.15) is 0 Å². The van der Waals surface area contributed by atoms with E-state index in [1.165, 1.54) is 0 Å². The zero-order chi connectivity index (χ0) is 10.8. The number of hydrogen-bond donors (Lipinski definition) is 0. The summed E-state index contributed by atoms with van der Waals surface area (Å²) in [4.78, 5) is 2.18. The second-order valence-electron chi connectivity index (χ2n) is 4.26. The molecule has 1 aliphatic rings. The molecule has 0 aromatic carbocycles. The molecule has 2 atom stereocenters. The van der Waals surface area contributed by atoms with Crippen LogP contribution in [-0.2, 0) is 9.84 Å². The molecule has 1 fully saturated rings. The highest BCUT2D eigenvalue weighted by Gasteiger charge is 2.30. The van der Waals surface area contributed by atoms with Gasteiger partial charge in [0.25, 0.3) is 0 Å². The molecule has 0 spiro atoms. The Balaban J connectivity index is 2.43. The van der Waals surface area contributed by atoms with Crippen LogP contribution in [0.5, 0.6) is 0 Å². The highest BCUT2D eigenvalue weighted by Crippen LogP contribution is 2.17. The van der Waals surface area contributed by atoms with E-state index in [0.29, 0.717) is 17.4 Å². The third-order valence-corrected chi connectivity index (χ3v) is 5.55. The van der Waals surface area contributed by atoms with E-state index in [1.54, 1.807) is 0 Å². The summed E-state index contributed by atoms with van der Waals surface area (Å²) in [7, 11) is -0.718. The van der Waals surface area contributed by atoms with Crippen LogP contribution < -0.4 is 0 Å². The van der Waals surface area contributed by atoms with Crippen molar-refractivity contribution in [1.82, 2.24) is 4.90 Å². The van der Waals surface area contributed by atoms with Gasteiger partial charge in [-0.3, -0.25) is 0 Å². The molecule has 3 nitrogen and oxygen atoms in total. The monoisotopic (exact) mass is 283 g/mol. The molecular weight excluding hydrogens is 266 g/mol. The van der Waals surface area contributed by atoms with Crippen LogP contribution in [0.3, 0.4) is 0 Å². The summed E-state index contributed by atoms with van der Waals surface area (Å²) in [5.41, 5.74) is 0.